The van der Waals surface area contributed by atoms with Gasteiger partial charge in [0, 0.05) is 31.7 Å². The highest BCUT2D eigenvalue weighted by atomic mass is 16.3. The first-order chi connectivity index (χ1) is 8.61. The standard InChI is InChI=1S/C13H21N3O2/c1-3-16-9-12(7-14-16)13(18)15-6-4-5-11(8-15)10(2)17/h7,9-11,17H,3-6,8H2,1-2H3. The number of hydrogen-bond acceptors (Lipinski definition) is 3. The van der Waals surface area contributed by atoms with E-state index in [4.69, 9.17) is 0 Å². The Morgan fingerprint density at radius 1 is 1.67 bits per heavy atom. The van der Waals surface area contributed by atoms with Crippen molar-refractivity contribution in [1.82, 2.24) is 14.7 Å². The molecule has 0 radical (unpaired) electrons. The molecule has 18 heavy (non-hydrogen) atoms. The summed E-state index contributed by atoms with van der Waals surface area (Å²) in [6.45, 7) is 5.98. The van der Waals surface area contributed by atoms with Gasteiger partial charge in [-0.25, -0.2) is 0 Å². The lowest BCUT2D eigenvalue weighted by atomic mass is 9.93. The number of aryl methyl sites for hydroxylation is 1. The summed E-state index contributed by atoms with van der Waals surface area (Å²) in [6.07, 6.45) is 5.02. The average Bonchev–Trinajstić information content (AvgIpc) is 2.86. The van der Waals surface area contributed by atoms with E-state index in [-0.39, 0.29) is 17.9 Å². The smallest absolute Gasteiger partial charge is 0.257 e. The summed E-state index contributed by atoms with van der Waals surface area (Å²) in [5, 5.41) is 13.8. The predicted molar refractivity (Wildman–Crippen MR) is 68.2 cm³/mol. The van der Waals surface area contributed by atoms with Crippen molar-refractivity contribution < 1.29 is 9.90 Å². The molecule has 5 heteroatoms. The van der Waals surface area contributed by atoms with Gasteiger partial charge in [0.15, 0.2) is 0 Å². The van der Waals surface area contributed by atoms with Crippen molar-refractivity contribution >= 4 is 5.91 Å². The van der Waals surface area contributed by atoms with E-state index in [1.54, 1.807) is 24.0 Å². The van der Waals surface area contributed by atoms with Crippen molar-refractivity contribution in [2.45, 2.75) is 39.3 Å². The molecule has 2 unspecified atom stereocenters. The highest BCUT2D eigenvalue weighted by molar-refractivity contribution is 5.93. The number of aliphatic hydroxyl groups excluding tert-OH is 1. The Kier molecular flexibility index (Phi) is 4.01. The van der Waals surface area contributed by atoms with Crippen LogP contribution in [0, 0.1) is 5.92 Å². The van der Waals surface area contributed by atoms with Crippen LogP contribution in [0.15, 0.2) is 12.4 Å². The third-order valence-corrected chi connectivity index (χ3v) is 3.63. The molecule has 100 valence electrons. The molecule has 0 spiro atoms. The molecule has 1 saturated heterocycles. The number of nitrogens with zero attached hydrogens (tertiary/aromatic N) is 3. The third kappa shape index (κ3) is 2.72. The summed E-state index contributed by atoms with van der Waals surface area (Å²) in [5.41, 5.74) is 0.642. The van der Waals surface area contributed by atoms with E-state index >= 15 is 0 Å². The molecule has 1 aromatic rings. The molecule has 2 atom stereocenters. The van der Waals surface area contributed by atoms with Crippen LogP contribution in [0.25, 0.3) is 0 Å². The number of piperidine rings is 1. The van der Waals surface area contributed by atoms with E-state index in [2.05, 4.69) is 5.10 Å². The SMILES string of the molecule is CCn1cc(C(=O)N2CCCC(C(C)O)C2)cn1. The van der Waals surface area contributed by atoms with Gasteiger partial charge in [0.05, 0.1) is 17.9 Å². The summed E-state index contributed by atoms with van der Waals surface area (Å²) in [7, 11) is 0. The lowest BCUT2D eigenvalue weighted by Crippen LogP contribution is -2.42. The summed E-state index contributed by atoms with van der Waals surface area (Å²) in [6, 6.07) is 0. The number of hydrogen-bond donors (Lipinski definition) is 1. The van der Waals surface area contributed by atoms with Gasteiger partial charge in [-0.15, -0.1) is 0 Å². The Labute approximate surface area is 107 Å². The molecule has 1 N–H and O–H groups in total. The number of aliphatic hydroxyl groups is 1. The van der Waals surface area contributed by atoms with Gasteiger partial charge in [0.25, 0.3) is 5.91 Å². The fourth-order valence-electron chi connectivity index (χ4n) is 2.42. The zero-order chi connectivity index (χ0) is 13.1. The summed E-state index contributed by atoms with van der Waals surface area (Å²) < 4.78 is 1.75. The van der Waals surface area contributed by atoms with Gasteiger partial charge in [-0.2, -0.15) is 5.10 Å². The molecule has 0 saturated carbocycles. The average molecular weight is 251 g/mol. The fraction of sp³-hybridized carbons (Fsp3) is 0.692. The fourth-order valence-corrected chi connectivity index (χ4v) is 2.42. The molecule has 5 nitrogen and oxygen atoms in total. The van der Waals surface area contributed by atoms with E-state index in [9.17, 15) is 9.90 Å². The minimum atomic E-state index is -0.348. The highest BCUT2D eigenvalue weighted by Gasteiger charge is 2.27. The van der Waals surface area contributed by atoms with Gasteiger partial charge in [-0.3, -0.25) is 9.48 Å². The minimum Gasteiger partial charge on any atom is -0.393 e. The van der Waals surface area contributed by atoms with Crippen LogP contribution in [0.3, 0.4) is 0 Å². The normalized spacial score (nSPS) is 21.9. The van der Waals surface area contributed by atoms with Crippen LogP contribution in [0.1, 0.15) is 37.0 Å². The van der Waals surface area contributed by atoms with Crippen molar-refractivity contribution in [3.63, 3.8) is 0 Å². The number of carbonyl (C=O) groups is 1. The van der Waals surface area contributed by atoms with E-state index in [1.807, 2.05) is 11.8 Å². The molecule has 1 aromatic heterocycles. The lowest BCUT2D eigenvalue weighted by Gasteiger charge is -2.33. The third-order valence-electron chi connectivity index (χ3n) is 3.63. The maximum atomic E-state index is 12.3. The number of aromatic nitrogens is 2. The molecule has 1 fully saturated rings. The molecule has 1 aliphatic rings. The molecule has 1 aliphatic heterocycles. The quantitative estimate of drug-likeness (QED) is 0.876. The second-order valence-corrected chi connectivity index (χ2v) is 4.98. The maximum Gasteiger partial charge on any atom is 0.257 e. The van der Waals surface area contributed by atoms with E-state index in [0.29, 0.717) is 12.1 Å². The van der Waals surface area contributed by atoms with Gasteiger partial charge in [-0.1, -0.05) is 0 Å². The van der Waals surface area contributed by atoms with Crippen LogP contribution in [-0.2, 0) is 6.54 Å². The van der Waals surface area contributed by atoms with Crippen LogP contribution in [-0.4, -0.2) is 44.9 Å². The van der Waals surface area contributed by atoms with Crippen LogP contribution in [0.5, 0.6) is 0 Å². The molecule has 0 aromatic carbocycles. The molecule has 1 amide bonds. The first-order valence-electron chi connectivity index (χ1n) is 6.61. The van der Waals surface area contributed by atoms with Gasteiger partial charge >= 0.3 is 0 Å². The maximum absolute atomic E-state index is 12.3. The summed E-state index contributed by atoms with van der Waals surface area (Å²) in [5.74, 6) is 0.226. The number of amides is 1. The topological polar surface area (TPSA) is 58.4 Å². The van der Waals surface area contributed by atoms with Crippen LogP contribution in [0.2, 0.25) is 0 Å². The largest absolute Gasteiger partial charge is 0.393 e. The van der Waals surface area contributed by atoms with Crippen LogP contribution >= 0.6 is 0 Å². The zero-order valence-corrected chi connectivity index (χ0v) is 11.0. The van der Waals surface area contributed by atoms with Crippen LogP contribution in [0.4, 0.5) is 0 Å². The number of carbonyl (C=O) groups excluding carboxylic acids is 1. The zero-order valence-electron chi connectivity index (χ0n) is 11.0. The highest BCUT2D eigenvalue weighted by Crippen LogP contribution is 2.21. The molecular weight excluding hydrogens is 230 g/mol. The predicted octanol–water partition coefficient (Wildman–Crippen LogP) is 1.14. The van der Waals surface area contributed by atoms with Crippen molar-refractivity contribution in [2.24, 2.45) is 5.92 Å². The number of rotatable bonds is 3. The summed E-state index contributed by atoms with van der Waals surface area (Å²) >= 11 is 0. The second-order valence-electron chi connectivity index (χ2n) is 4.98. The Bertz CT molecular complexity index is 414. The van der Waals surface area contributed by atoms with E-state index < -0.39 is 0 Å². The molecular formula is C13H21N3O2. The Balaban J connectivity index is 2.04. The molecule has 2 heterocycles. The molecule has 2 rings (SSSR count). The molecule has 0 aliphatic carbocycles. The summed E-state index contributed by atoms with van der Waals surface area (Å²) in [4.78, 5) is 14.1. The van der Waals surface area contributed by atoms with Crippen LogP contribution < -0.4 is 0 Å². The Morgan fingerprint density at radius 3 is 3.06 bits per heavy atom. The Morgan fingerprint density at radius 2 is 2.44 bits per heavy atom. The van der Waals surface area contributed by atoms with Crippen molar-refractivity contribution in [3.05, 3.63) is 18.0 Å². The van der Waals surface area contributed by atoms with Crippen molar-refractivity contribution in [2.75, 3.05) is 13.1 Å². The first-order valence-corrected chi connectivity index (χ1v) is 6.61. The van der Waals surface area contributed by atoms with Gasteiger partial charge < -0.3 is 10.0 Å². The van der Waals surface area contributed by atoms with E-state index in [0.717, 1.165) is 25.9 Å². The molecule has 0 bridgehead atoms. The minimum absolute atomic E-state index is 0.0278. The first kappa shape index (κ1) is 13.1. The number of likely N-dealkylation sites (tertiary alicyclic amines) is 1. The second kappa shape index (κ2) is 5.52. The van der Waals surface area contributed by atoms with E-state index in [1.165, 1.54) is 0 Å². The van der Waals surface area contributed by atoms with Gasteiger partial charge in [-0.05, 0) is 26.7 Å². The Hall–Kier alpha value is -1.36. The monoisotopic (exact) mass is 251 g/mol. The van der Waals surface area contributed by atoms with Crippen molar-refractivity contribution in [3.8, 4) is 0 Å². The van der Waals surface area contributed by atoms with Crippen molar-refractivity contribution in [1.29, 1.82) is 0 Å². The van der Waals surface area contributed by atoms with Gasteiger partial charge in [0.1, 0.15) is 0 Å². The lowest BCUT2D eigenvalue weighted by molar-refractivity contribution is 0.0466. The van der Waals surface area contributed by atoms with Gasteiger partial charge in [0.2, 0.25) is 0 Å².